The van der Waals surface area contributed by atoms with E-state index < -0.39 is 17.9 Å². The van der Waals surface area contributed by atoms with Crippen LogP contribution >= 0.6 is 0 Å². The lowest BCUT2D eigenvalue weighted by molar-refractivity contribution is -0.140. The Bertz CT molecular complexity index is 369. The van der Waals surface area contributed by atoms with Crippen LogP contribution < -0.4 is 10.6 Å². The standard InChI is InChI=1S/C11H17N3O4/c1-3-9(6-15)13-5-8(4-12)10(16)14-7(2)11(17)18/h5,7,9,13,15H,3,6H2,1-2H3,(H,14,16)(H,17,18)/b8-5-. The molecule has 7 nitrogen and oxygen atoms in total. The number of rotatable bonds is 7. The number of carbonyl (C=O) groups is 2. The summed E-state index contributed by atoms with van der Waals surface area (Å²) in [5.74, 6) is -1.96. The van der Waals surface area contributed by atoms with Crippen LogP contribution in [0.2, 0.25) is 0 Å². The molecule has 0 aliphatic heterocycles. The number of hydrogen-bond acceptors (Lipinski definition) is 5. The van der Waals surface area contributed by atoms with Crippen LogP contribution in [-0.2, 0) is 9.59 Å². The van der Waals surface area contributed by atoms with Crippen molar-refractivity contribution in [3.05, 3.63) is 11.8 Å². The van der Waals surface area contributed by atoms with Crippen LogP contribution in [0.1, 0.15) is 20.3 Å². The Balaban J connectivity index is 4.58. The van der Waals surface area contributed by atoms with Gasteiger partial charge in [-0.25, -0.2) is 0 Å². The molecule has 1 amide bonds. The fourth-order valence-electron chi connectivity index (χ4n) is 0.986. The maximum absolute atomic E-state index is 11.5. The second-order valence-corrected chi connectivity index (χ2v) is 3.66. The minimum Gasteiger partial charge on any atom is -0.480 e. The van der Waals surface area contributed by atoms with Gasteiger partial charge in [0, 0.05) is 12.2 Å². The van der Waals surface area contributed by atoms with E-state index in [9.17, 15) is 9.59 Å². The predicted molar refractivity (Wildman–Crippen MR) is 63.2 cm³/mol. The van der Waals surface area contributed by atoms with Gasteiger partial charge >= 0.3 is 5.97 Å². The number of aliphatic hydroxyl groups is 1. The lowest BCUT2D eigenvalue weighted by Crippen LogP contribution is -2.39. The second kappa shape index (κ2) is 8.08. The Morgan fingerprint density at radius 1 is 1.50 bits per heavy atom. The Kier molecular flexibility index (Phi) is 7.15. The van der Waals surface area contributed by atoms with Gasteiger partial charge in [0.25, 0.3) is 5.91 Å². The third-order valence-electron chi connectivity index (χ3n) is 2.26. The van der Waals surface area contributed by atoms with Gasteiger partial charge in [-0.05, 0) is 13.3 Å². The summed E-state index contributed by atoms with van der Waals surface area (Å²) in [7, 11) is 0. The van der Waals surface area contributed by atoms with Gasteiger partial charge in [-0.1, -0.05) is 6.92 Å². The van der Waals surface area contributed by atoms with E-state index in [1.807, 2.05) is 6.92 Å². The van der Waals surface area contributed by atoms with Crippen LogP contribution in [0.25, 0.3) is 0 Å². The molecular formula is C11H17N3O4. The molecule has 7 heteroatoms. The number of carbonyl (C=O) groups excluding carboxylic acids is 1. The number of nitriles is 1. The third-order valence-corrected chi connectivity index (χ3v) is 2.26. The molecule has 0 rings (SSSR count). The Morgan fingerprint density at radius 3 is 2.50 bits per heavy atom. The van der Waals surface area contributed by atoms with Gasteiger partial charge in [0.1, 0.15) is 17.7 Å². The molecular weight excluding hydrogens is 238 g/mol. The summed E-state index contributed by atoms with van der Waals surface area (Å²) >= 11 is 0. The summed E-state index contributed by atoms with van der Waals surface area (Å²) in [6, 6.07) is 0.335. The molecule has 0 heterocycles. The zero-order chi connectivity index (χ0) is 14.1. The molecule has 0 aromatic rings. The number of nitrogens with one attached hydrogen (secondary N) is 2. The van der Waals surface area contributed by atoms with Crippen LogP contribution in [0, 0.1) is 11.3 Å². The van der Waals surface area contributed by atoms with E-state index in [4.69, 9.17) is 15.5 Å². The molecule has 100 valence electrons. The maximum Gasteiger partial charge on any atom is 0.325 e. The van der Waals surface area contributed by atoms with Gasteiger partial charge in [0.15, 0.2) is 0 Å². The predicted octanol–water partition coefficient (Wildman–Crippen LogP) is -0.656. The molecule has 0 bridgehead atoms. The minimum absolute atomic E-state index is 0.126. The zero-order valence-corrected chi connectivity index (χ0v) is 10.3. The monoisotopic (exact) mass is 255 g/mol. The van der Waals surface area contributed by atoms with Gasteiger partial charge in [0.05, 0.1) is 6.61 Å². The first kappa shape index (κ1) is 15.9. The molecule has 0 aromatic carbocycles. The van der Waals surface area contributed by atoms with Crippen LogP contribution in [0.4, 0.5) is 0 Å². The molecule has 18 heavy (non-hydrogen) atoms. The number of amides is 1. The van der Waals surface area contributed by atoms with E-state index in [0.717, 1.165) is 0 Å². The lowest BCUT2D eigenvalue weighted by Gasteiger charge is -2.12. The summed E-state index contributed by atoms with van der Waals surface area (Å²) < 4.78 is 0. The highest BCUT2D eigenvalue weighted by Crippen LogP contribution is 1.95. The van der Waals surface area contributed by atoms with Crippen molar-refractivity contribution < 1.29 is 19.8 Å². The van der Waals surface area contributed by atoms with E-state index in [-0.39, 0.29) is 18.2 Å². The summed E-state index contributed by atoms with van der Waals surface area (Å²) in [5, 5.41) is 31.2. The van der Waals surface area contributed by atoms with Gasteiger partial charge in [-0.2, -0.15) is 5.26 Å². The van der Waals surface area contributed by atoms with Gasteiger partial charge in [-0.3, -0.25) is 9.59 Å². The SMILES string of the molecule is CCC(CO)N/C=C(/C#N)C(=O)NC(C)C(=O)O. The van der Waals surface area contributed by atoms with Crippen molar-refractivity contribution in [2.24, 2.45) is 0 Å². The Hall–Kier alpha value is -2.07. The fourth-order valence-corrected chi connectivity index (χ4v) is 0.986. The fraction of sp³-hybridized carbons (Fsp3) is 0.545. The smallest absolute Gasteiger partial charge is 0.325 e. The first-order chi connectivity index (χ1) is 8.46. The topological polar surface area (TPSA) is 122 Å². The number of carboxylic acid groups (broad SMARTS) is 1. The normalized spacial score (nSPS) is 14.2. The summed E-state index contributed by atoms with van der Waals surface area (Å²) in [5.41, 5.74) is -0.241. The first-order valence-corrected chi connectivity index (χ1v) is 5.47. The average Bonchev–Trinajstić information content (AvgIpc) is 2.34. The second-order valence-electron chi connectivity index (χ2n) is 3.66. The molecule has 0 aliphatic carbocycles. The van der Waals surface area contributed by atoms with Crippen molar-refractivity contribution >= 4 is 11.9 Å². The maximum atomic E-state index is 11.5. The lowest BCUT2D eigenvalue weighted by atomic mass is 10.2. The minimum atomic E-state index is -1.18. The molecule has 0 saturated heterocycles. The molecule has 2 unspecified atom stereocenters. The largest absolute Gasteiger partial charge is 0.480 e. The van der Waals surface area contributed by atoms with E-state index >= 15 is 0 Å². The molecule has 0 aliphatic rings. The zero-order valence-electron chi connectivity index (χ0n) is 10.3. The number of aliphatic carboxylic acids is 1. The molecule has 0 radical (unpaired) electrons. The molecule has 0 spiro atoms. The van der Waals surface area contributed by atoms with E-state index in [2.05, 4.69) is 10.6 Å². The third kappa shape index (κ3) is 5.32. The molecule has 0 fully saturated rings. The highest BCUT2D eigenvalue weighted by Gasteiger charge is 2.17. The van der Waals surface area contributed by atoms with Gasteiger partial charge in [-0.15, -0.1) is 0 Å². The number of carboxylic acids is 1. The Morgan fingerprint density at radius 2 is 2.11 bits per heavy atom. The molecule has 0 aromatic heterocycles. The summed E-state index contributed by atoms with van der Waals surface area (Å²) in [6.45, 7) is 3.00. The first-order valence-electron chi connectivity index (χ1n) is 5.47. The summed E-state index contributed by atoms with van der Waals surface area (Å²) in [6.07, 6.45) is 1.80. The van der Waals surface area contributed by atoms with E-state index in [1.165, 1.54) is 13.1 Å². The Labute approximate surface area is 105 Å². The molecule has 0 saturated carbocycles. The van der Waals surface area contributed by atoms with Crippen LogP contribution in [0.15, 0.2) is 11.8 Å². The average molecular weight is 255 g/mol. The molecule has 4 N–H and O–H groups in total. The highest BCUT2D eigenvalue weighted by molar-refractivity contribution is 5.99. The molecule has 2 atom stereocenters. The quantitative estimate of drug-likeness (QED) is 0.354. The van der Waals surface area contributed by atoms with Crippen molar-refractivity contribution in [1.29, 1.82) is 5.26 Å². The van der Waals surface area contributed by atoms with Crippen LogP contribution in [0.5, 0.6) is 0 Å². The van der Waals surface area contributed by atoms with Crippen molar-refractivity contribution in [1.82, 2.24) is 10.6 Å². The van der Waals surface area contributed by atoms with Crippen molar-refractivity contribution in [2.45, 2.75) is 32.4 Å². The number of aliphatic hydroxyl groups excluding tert-OH is 1. The number of hydrogen-bond donors (Lipinski definition) is 4. The van der Waals surface area contributed by atoms with E-state index in [1.54, 1.807) is 6.07 Å². The van der Waals surface area contributed by atoms with E-state index in [0.29, 0.717) is 6.42 Å². The van der Waals surface area contributed by atoms with Crippen molar-refractivity contribution in [3.8, 4) is 6.07 Å². The van der Waals surface area contributed by atoms with Crippen molar-refractivity contribution in [3.63, 3.8) is 0 Å². The van der Waals surface area contributed by atoms with Gasteiger partial charge in [0.2, 0.25) is 0 Å². The van der Waals surface area contributed by atoms with Crippen LogP contribution in [-0.4, -0.2) is 40.8 Å². The van der Waals surface area contributed by atoms with Gasteiger partial charge < -0.3 is 20.8 Å². The number of nitrogens with zero attached hydrogens (tertiary/aromatic N) is 1. The van der Waals surface area contributed by atoms with Crippen molar-refractivity contribution in [2.75, 3.05) is 6.61 Å². The highest BCUT2D eigenvalue weighted by atomic mass is 16.4. The summed E-state index contributed by atoms with van der Waals surface area (Å²) in [4.78, 5) is 22.0. The van der Waals surface area contributed by atoms with Crippen LogP contribution in [0.3, 0.4) is 0 Å².